The third-order valence-corrected chi connectivity index (χ3v) is 6.37. The average Bonchev–Trinajstić information content (AvgIpc) is 3.41. The molecular formula is C24H16F3N3O6S. The summed E-state index contributed by atoms with van der Waals surface area (Å²) in [6.07, 6.45) is 1.24. The maximum Gasteiger partial charge on any atom is 0.294 e. The third-order valence-electron chi connectivity index (χ3n) is 5.46. The lowest BCUT2D eigenvalue weighted by Gasteiger charge is -2.13. The molecule has 1 aromatic heterocycles. The summed E-state index contributed by atoms with van der Waals surface area (Å²) in [5.41, 5.74) is 0.957. The van der Waals surface area contributed by atoms with E-state index in [9.17, 15) is 37.7 Å². The Hall–Kier alpha value is -4.39. The van der Waals surface area contributed by atoms with E-state index < -0.39 is 51.7 Å². The first-order valence-corrected chi connectivity index (χ1v) is 11.3. The van der Waals surface area contributed by atoms with E-state index in [2.05, 4.69) is 0 Å². The molecule has 190 valence electrons. The van der Waals surface area contributed by atoms with Crippen LogP contribution >= 0.6 is 11.8 Å². The molecule has 0 bridgehead atoms. The highest BCUT2D eigenvalue weighted by Gasteiger charge is 2.36. The molecule has 1 aliphatic rings. The first-order valence-electron chi connectivity index (χ1n) is 10.5. The van der Waals surface area contributed by atoms with Gasteiger partial charge < -0.3 is 9.73 Å². The van der Waals surface area contributed by atoms with Gasteiger partial charge in [0.2, 0.25) is 5.91 Å². The van der Waals surface area contributed by atoms with Gasteiger partial charge in [-0.25, -0.2) is 13.2 Å². The predicted octanol–water partition coefficient (Wildman–Crippen LogP) is 5.56. The summed E-state index contributed by atoms with van der Waals surface area (Å²) in [6.45, 7) is 2.72. The van der Waals surface area contributed by atoms with E-state index in [-0.39, 0.29) is 27.7 Å². The Bertz CT molecular complexity index is 1520. The van der Waals surface area contributed by atoms with Gasteiger partial charge in [-0.2, -0.15) is 0 Å². The Labute approximate surface area is 211 Å². The Morgan fingerprint density at radius 3 is 2.51 bits per heavy atom. The summed E-state index contributed by atoms with van der Waals surface area (Å²) >= 11 is 0.517. The van der Waals surface area contributed by atoms with Gasteiger partial charge in [-0.3, -0.25) is 29.4 Å². The highest BCUT2D eigenvalue weighted by atomic mass is 32.2. The van der Waals surface area contributed by atoms with Crippen LogP contribution in [0.2, 0.25) is 0 Å². The molecule has 2 heterocycles. The van der Waals surface area contributed by atoms with Crippen molar-refractivity contribution in [1.29, 1.82) is 0 Å². The fourth-order valence-corrected chi connectivity index (χ4v) is 4.26. The molecule has 9 nitrogen and oxygen atoms in total. The van der Waals surface area contributed by atoms with Crippen molar-refractivity contribution in [2.45, 2.75) is 13.8 Å². The van der Waals surface area contributed by atoms with Crippen LogP contribution in [0.5, 0.6) is 0 Å². The van der Waals surface area contributed by atoms with Gasteiger partial charge in [0.25, 0.3) is 16.8 Å². The van der Waals surface area contributed by atoms with Crippen LogP contribution in [0.15, 0.2) is 45.7 Å². The minimum absolute atomic E-state index is 0.0905. The molecule has 0 atom stereocenters. The van der Waals surface area contributed by atoms with Gasteiger partial charge in [0.15, 0.2) is 17.5 Å². The molecule has 1 saturated heterocycles. The molecule has 3 aromatic rings. The van der Waals surface area contributed by atoms with Crippen LogP contribution in [0, 0.1) is 41.4 Å². The number of rotatable bonds is 6. The normalized spacial score (nSPS) is 14.5. The van der Waals surface area contributed by atoms with Crippen molar-refractivity contribution in [3.63, 3.8) is 0 Å². The van der Waals surface area contributed by atoms with E-state index in [4.69, 9.17) is 4.42 Å². The van der Waals surface area contributed by atoms with Gasteiger partial charge in [0.1, 0.15) is 18.1 Å². The highest BCUT2D eigenvalue weighted by molar-refractivity contribution is 8.18. The lowest BCUT2D eigenvalue weighted by molar-refractivity contribution is -0.384. The number of nitro benzene ring substituents is 1. The number of hydrogen-bond donors (Lipinski definition) is 1. The van der Waals surface area contributed by atoms with Crippen molar-refractivity contribution in [2.75, 3.05) is 11.9 Å². The Morgan fingerprint density at radius 1 is 1.11 bits per heavy atom. The van der Waals surface area contributed by atoms with Gasteiger partial charge in [-0.1, -0.05) is 0 Å². The smallest absolute Gasteiger partial charge is 0.294 e. The minimum atomic E-state index is -1.78. The average molecular weight is 531 g/mol. The second-order valence-corrected chi connectivity index (χ2v) is 8.94. The van der Waals surface area contributed by atoms with Crippen LogP contribution in [-0.2, 0) is 9.59 Å². The number of nitro groups is 1. The number of halogens is 3. The molecule has 0 aliphatic carbocycles. The number of thioether (sulfide) groups is 1. The fourth-order valence-electron chi connectivity index (χ4n) is 3.45. The van der Waals surface area contributed by atoms with E-state index in [1.807, 2.05) is 5.32 Å². The van der Waals surface area contributed by atoms with Gasteiger partial charge in [0, 0.05) is 12.1 Å². The van der Waals surface area contributed by atoms with Crippen molar-refractivity contribution < 1.29 is 36.9 Å². The number of anilines is 1. The number of hydrogen-bond acceptors (Lipinski definition) is 7. The molecule has 1 N–H and O–H groups in total. The summed E-state index contributed by atoms with van der Waals surface area (Å²) in [7, 11) is 0. The SMILES string of the molecule is Cc1cc(-c2ccc(/C=C3\SC(=O)N(CC(=O)Nc4ccc(F)c(F)c4F)C3=O)o2)c([N+](=O)[O-])cc1C. The fraction of sp³-hybridized carbons (Fsp3) is 0.125. The molecular weight excluding hydrogens is 515 g/mol. The topological polar surface area (TPSA) is 123 Å². The number of benzene rings is 2. The molecule has 2 aromatic carbocycles. The standard InChI is InChI=1S/C24H16F3N3O6S/c1-11-7-14(17(30(34)35)8-12(11)2)18-6-3-13(36-18)9-19-23(32)29(24(33)37-19)10-20(31)28-16-5-4-15(25)21(26)22(16)27/h3-9H,10H2,1-2H3,(H,28,31)/b19-9-. The molecule has 1 aliphatic heterocycles. The molecule has 0 radical (unpaired) electrons. The van der Waals surface area contributed by atoms with Crippen molar-refractivity contribution in [3.05, 3.63) is 85.8 Å². The second kappa shape index (κ2) is 9.93. The molecule has 37 heavy (non-hydrogen) atoms. The van der Waals surface area contributed by atoms with E-state index in [0.717, 1.165) is 17.2 Å². The summed E-state index contributed by atoms with van der Waals surface area (Å²) in [5, 5.41) is 12.7. The summed E-state index contributed by atoms with van der Waals surface area (Å²) in [5.74, 6) is -6.41. The van der Waals surface area contributed by atoms with Crippen LogP contribution in [0.1, 0.15) is 16.9 Å². The zero-order chi connectivity index (χ0) is 27.0. The number of aryl methyl sites for hydroxylation is 2. The summed E-state index contributed by atoms with van der Waals surface area (Å²) < 4.78 is 45.9. The lowest BCUT2D eigenvalue weighted by atomic mass is 10.0. The third kappa shape index (κ3) is 5.11. The molecule has 0 spiro atoms. The molecule has 4 rings (SSSR count). The van der Waals surface area contributed by atoms with Crippen molar-refractivity contribution in [1.82, 2.24) is 4.90 Å². The van der Waals surface area contributed by atoms with Crippen molar-refractivity contribution in [2.24, 2.45) is 0 Å². The predicted molar refractivity (Wildman–Crippen MR) is 128 cm³/mol. The first kappa shape index (κ1) is 25.7. The Balaban J connectivity index is 1.51. The number of furan rings is 1. The first-order chi connectivity index (χ1) is 17.5. The molecule has 3 amide bonds. The summed E-state index contributed by atoms with van der Waals surface area (Å²) in [6, 6.07) is 7.39. The minimum Gasteiger partial charge on any atom is -0.456 e. The van der Waals surface area contributed by atoms with E-state index in [1.165, 1.54) is 24.3 Å². The van der Waals surface area contributed by atoms with E-state index >= 15 is 0 Å². The molecule has 1 fully saturated rings. The second-order valence-electron chi connectivity index (χ2n) is 7.95. The summed E-state index contributed by atoms with van der Waals surface area (Å²) in [4.78, 5) is 48.7. The van der Waals surface area contributed by atoms with Gasteiger partial charge >= 0.3 is 0 Å². The van der Waals surface area contributed by atoms with E-state index in [1.54, 1.807) is 19.9 Å². The van der Waals surface area contributed by atoms with E-state index in [0.29, 0.717) is 22.7 Å². The number of amides is 3. The van der Waals surface area contributed by atoms with Crippen LogP contribution in [0.4, 0.5) is 29.3 Å². The highest BCUT2D eigenvalue weighted by Crippen LogP contribution is 2.36. The monoisotopic (exact) mass is 531 g/mol. The van der Waals surface area contributed by atoms with Gasteiger partial charge in [-0.15, -0.1) is 0 Å². The van der Waals surface area contributed by atoms with Crippen LogP contribution in [0.3, 0.4) is 0 Å². The molecule has 0 saturated carbocycles. The maximum absolute atomic E-state index is 13.8. The molecule has 13 heteroatoms. The van der Waals surface area contributed by atoms with Crippen LogP contribution in [-0.4, -0.2) is 33.4 Å². The number of nitrogens with one attached hydrogen (secondary N) is 1. The Morgan fingerprint density at radius 2 is 1.81 bits per heavy atom. The number of nitrogens with zero attached hydrogens (tertiary/aromatic N) is 2. The number of carbonyl (C=O) groups is 3. The molecule has 0 unspecified atom stereocenters. The largest absolute Gasteiger partial charge is 0.456 e. The number of imide groups is 1. The zero-order valence-electron chi connectivity index (χ0n) is 19.1. The van der Waals surface area contributed by atoms with Crippen LogP contribution < -0.4 is 5.32 Å². The zero-order valence-corrected chi connectivity index (χ0v) is 20.0. The lowest BCUT2D eigenvalue weighted by Crippen LogP contribution is -2.36. The van der Waals surface area contributed by atoms with Gasteiger partial charge in [0.05, 0.1) is 21.1 Å². The number of carbonyl (C=O) groups excluding carboxylic acids is 3. The quantitative estimate of drug-likeness (QED) is 0.191. The van der Waals surface area contributed by atoms with Crippen LogP contribution in [0.25, 0.3) is 17.4 Å². The Kier molecular flexibility index (Phi) is 6.90. The van der Waals surface area contributed by atoms with Gasteiger partial charge in [-0.05, 0) is 67.1 Å². The maximum atomic E-state index is 13.8. The van der Waals surface area contributed by atoms with Crippen molar-refractivity contribution >= 4 is 46.3 Å². The van der Waals surface area contributed by atoms with Crippen molar-refractivity contribution in [3.8, 4) is 11.3 Å².